The smallest absolute Gasteiger partial charge is 0.359 e. The van der Waals surface area contributed by atoms with Gasteiger partial charge in [0.2, 0.25) is 0 Å². The quantitative estimate of drug-likeness (QED) is 0.365. The van der Waals surface area contributed by atoms with E-state index < -0.39 is 5.97 Å². The highest BCUT2D eigenvalue weighted by atomic mass is 16.5. The van der Waals surface area contributed by atoms with Crippen LogP contribution in [0.3, 0.4) is 0 Å². The first kappa shape index (κ1) is 23.7. The van der Waals surface area contributed by atoms with Gasteiger partial charge in [-0.1, -0.05) is 6.07 Å². The number of anilines is 1. The van der Waals surface area contributed by atoms with Crippen molar-refractivity contribution in [3.8, 4) is 17.1 Å². The van der Waals surface area contributed by atoms with Gasteiger partial charge in [0.15, 0.2) is 5.69 Å². The lowest BCUT2D eigenvalue weighted by Gasteiger charge is -2.33. The molecule has 0 saturated heterocycles. The third-order valence-electron chi connectivity index (χ3n) is 7.23. The van der Waals surface area contributed by atoms with E-state index >= 15 is 0 Å². The van der Waals surface area contributed by atoms with E-state index in [1.54, 1.807) is 70.8 Å². The molecule has 2 aromatic carbocycles. The number of ether oxygens (including phenoxy) is 2. The van der Waals surface area contributed by atoms with Gasteiger partial charge >= 0.3 is 5.97 Å². The number of rotatable bonds is 6. The minimum atomic E-state index is -0.527. The van der Waals surface area contributed by atoms with Crippen LogP contribution >= 0.6 is 0 Å². The summed E-state index contributed by atoms with van der Waals surface area (Å²) in [5, 5.41) is 4.63. The Morgan fingerprint density at radius 2 is 1.63 bits per heavy atom. The van der Waals surface area contributed by atoms with Gasteiger partial charge in [-0.05, 0) is 74.4 Å². The molecule has 2 aromatic heterocycles. The van der Waals surface area contributed by atoms with Crippen LogP contribution in [-0.2, 0) is 10.2 Å². The Morgan fingerprint density at radius 3 is 2.26 bits per heavy atom. The van der Waals surface area contributed by atoms with E-state index in [-0.39, 0.29) is 29.2 Å². The van der Waals surface area contributed by atoms with Gasteiger partial charge < -0.3 is 14.4 Å². The highest BCUT2D eigenvalue weighted by molar-refractivity contribution is 6.10. The number of fused-ring (bicyclic) bond motifs is 2. The van der Waals surface area contributed by atoms with Crippen LogP contribution in [0, 0.1) is 0 Å². The largest absolute Gasteiger partial charge is 0.497 e. The Hall–Kier alpha value is -4.66. The van der Waals surface area contributed by atoms with Crippen LogP contribution in [0.5, 0.6) is 5.75 Å². The fourth-order valence-electron chi connectivity index (χ4n) is 5.15. The maximum Gasteiger partial charge on any atom is 0.359 e. The normalized spacial score (nSPS) is 15.3. The first-order valence-electron chi connectivity index (χ1n) is 12.5. The molecule has 1 saturated carbocycles. The monoisotopic (exact) mass is 510 g/mol. The van der Waals surface area contributed by atoms with Crippen molar-refractivity contribution in [1.29, 1.82) is 0 Å². The molecule has 4 aromatic rings. The van der Waals surface area contributed by atoms with E-state index in [0.29, 0.717) is 40.6 Å². The molecule has 6 rings (SSSR count). The van der Waals surface area contributed by atoms with Crippen molar-refractivity contribution < 1.29 is 19.1 Å². The molecule has 1 aliphatic carbocycles. The summed E-state index contributed by atoms with van der Waals surface area (Å²) in [4.78, 5) is 41.0. The molecule has 0 N–H and O–H groups in total. The van der Waals surface area contributed by atoms with Crippen molar-refractivity contribution in [3.05, 3.63) is 100 Å². The SMILES string of the molecule is CCOC(=O)c1nn(-c2ccc(OC)cc2)c2c1C1(CC1)CN(c1ccc(-n3ccccc3=O)cc1)C2=O. The Balaban J connectivity index is 1.45. The van der Waals surface area contributed by atoms with Gasteiger partial charge in [0.1, 0.15) is 11.4 Å². The van der Waals surface area contributed by atoms with E-state index in [1.165, 1.54) is 6.07 Å². The number of carbonyl (C=O) groups is 2. The molecule has 0 bridgehead atoms. The molecule has 38 heavy (non-hydrogen) atoms. The molecule has 192 valence electrons. The number of amides is 1. The van der Waals surface area contributed by atoms with E-state index in [4.69, 9.17) is 9.47 Å². The van der Waals surface area contributed by atoms with Crippen molar-refractivity contribution in [2.45, 2.75) is 25.2 Å². The van der Waals surface area contributed by atoms with Crippen LogP contribution in [0.4, 0.5) is 5.69 Å². The molecule has 3 heterocycles. The average Bonchev–Trinajstić information content (AvgIpc) is 3.59. The Morgan fingerprint density at radius 1 is 0.947 bits per heavy atom. The number of aromatic nitrogens is 3. The van der Waals surface area contributed by atoms with Gasteiger partial charge in [0.05, 0.1) is 19.4 Å². The van der Waals surface area contributed by atoms with Gasteiger partial charge in [0, 0.05) is 41.2 Å². The highest BCUT2D eigenvalue weighted by Gasteiger charge is 2.56. The second kappa shape index (κ2) is 9.02. The molecule has 9 heteroatoms. The van der Waals surface area contributed by atoms with Crippen LogP contribution in [0.15, 0.2) is 77.7 Å². The lowest BCUT2D eigenvalue weighted by atomic mass is 9.88. The first-order valence-corrected chi connectivity index (χ1v) is 12.5. The summed E-state index contributed by atoms with van der Waals surface area (Å²) in [6.45, 7) is 2.40. The molecule has 0 radical (unpaired) electrons. The highest BCUT2D eigenvalue weighted by Crippen LogP contribution is 2.54. The van der Waals surface area contributed by atoms with Crippen LogP contribution in [0.1, 0.15) is 46.3 Å². The summed E-state index contributed by atoms with van der Waals surface area (Å²) in [5.74, 6) is -0.105. The maximum atomic E-state index is 14.1. The molecule has 1 amide bonds. The summed E-state index contributed by atoms with van der Waals surface area (Å²) < 4.78 is 13.7. The number of hydrogen-bond donors (Lipinski definition) is 0. The zero-order chi connectivity index (χ0) is 26.4. The third kappa shape index (κ3) is 3.78. The number of carbonyl (C=O) groups excluding carboxylic acids is 2. The fourth-order valence-corrected chi connectivity index (χ4v) is 5.15. The molecule has 9 nitrogen and oxygen atoms in total. The van der Waals surface area contributed by atoms with Gasteiger partial charge in [-0.15, -0.1) is 0 Å². The Kier molecular flexibility index (Phi) is 5.63. The van der Waals surface area contributed by atoms with Crippen molar-refractivity contribution in [2.75, 3.05) is 25.2 Å². The molecule has 1 aliphatic heterocycles. The Labute approximate surface area is 218 Å². The lowest BCUT2D eigenvalue weighted by Crippen LogP contribution is -2.44. The molecule has 0 unspecified atom stereocenters. The molecule has 2 aliphatic rings. The first-order chi connectivity index (χ1) is 18.5. The van der Waals surface area contributed by atoms with Crippen LogP contribution < -0.4 is 15.2 Å². The Bertz CT molecular complexity index is 1600. The van der Waals surface area contributed by atoms with Crippen LogP contribution in [-0.4, -0.2) is 46.5 Å². The summed E-state index contributed by atoms with van der Waals surface area (Å²) in [6, 6.07) is 19.5. The number of esters is 1. The van der Waals surface area contributed by atoms with E-state index in [2.05, 4.69) is 5.10 Å². The van der Waals surface area contributed by atoms with Crippen molar-refractivity contribution in [1.82, 2.24) is 14.3 Å². The fraction of sp³-hybridized carbons (Fsp3) is 0.241. The van der Waals surface area contributed by atoms with Gasteiger partial charge in [-0.3, -0.25) is 14.2 Å². The molecular weight excluding hydrogens is 484 g/mol. The van der Waals surface area contributed by atoms with Gasteiger partial charge in [-0.25, -0.2) is 9.48 Å². The second-order valence-corrected chi connectivity index (χ2v) is 9.50. The molecular formula is C29H26N4O5. The maximum absolute atomic E-state index is 14.1. The third-order valence-corrected chi connectivity index (χ3v) is 7.23. The minimum Gasteiger partial charge on any atom is -0.497 e. The topological polar surface area (TPSA) is 95.7 Å². The standard InChI is InChI=1S/C29H26N4O5/c1-3-38-28(36)25-24-26(33(30-25)21-11-13-22(37-2)14-12-21)27(35)32(18-29(24)15-16-29)20-9-7-19(8-10-20)31-17-5-4-6-23(31)34/h4-14,17H,3,15-16,18H2,1-2H3. The number of benzene rings is 2. The van der Waals surface area contributed by atoms with E-state index in [1.807, 2.05) is 24.3 Å². The number of methoxy groups -OCH3 is 1. The van der Waals surface area contributed by atoms with E-state index in [0.717, 1.165) is 12.8 Å². The number of pyridine rings is 1. The average molecular weight is 511 g/mol. The van der Waals surface area contributed by atoms with E-state index in [9.17, 15) is 14.4 Å². The predicted octanol–water partition coefficient (Wildman–Crippen LogP) is 3.90. The lowest BCUT2D eigenvalue weighted by molar-refractivity contribution is 0.0516. The van der Waals surface area contributed by atoms with Gasteiger partial charge in [-0.2, -0.15) is 5.10 Å². The van der Waals surface area contributed by atoms with Crippen LogP contribution in [0.2, 0.25) is 0 Å². The van der Waals surface area contributed by atoms with Crippen molar-refractivity contribution in [3.63, 3.8) is 0 Å². The predicted molar refractivity (Wildman–Crippen MR) is 141 cm³/mol. The summed E-state index contributed by atoms with van der Waals surface area (Å²) in [7, 11) is 1.58. The summed E-state index contributed by atoms with van der Waals surface area (Å²) in [5.41, 5.74) is 2.78. The molecule has 1 spiro atoms. The second-order valence-electron chi connectivity index (χ2n) is 9.50. The van der Waals surface area contributed by atoms with Crippen LogP contribution in [0.25, 0.3) is 11.4 Å². The zero-order valence-corrected chi connectivity index (χ0v) is 21.1. The number of nitrogens with zero attached hydrogens (tertiary/aromatic N) is 4. The summed E-state index contributed by atoms with van der Waals surface area (Å²) >= 11 is 0. The summed E-state index contributed by atoms with van der Waals surface area (Å²) in [6.07, 6.45) is 3.38. The minimum absolute atomic E-state index is 0.134. The zero-order valence-electron chi connectivity index (χ0n) is 21.1. The van der Waals surface area contributed by atoms with Gasteiger partial charge in [0.25, 0.3) is 11.5 Å². The van der Waals surface area contributed by atoms with Crippen molar-refractivity contribution in [2.24, 2.45) is 0 Å². The molecule has 0 atom stereocenters. The van der Waals surface area contributed by atoms with Crippen molar-refractivity contribution >= 4 is 17.6 Å². The number of hydrogen-bond acceptors (Lipinski definition) is 6. The molecule has 1 fully saturated rings.